The maximum atomic E-state index is 9.33. The van der Waals surface area contributed by atoms with Crippen molar-refractivity contribution in [1.82, 2.24) is 4.90 Å². The molecule has 0 aliphatic carbocycles. The summed E-state index contributed by atoms with van der Waals surface area (Å²) in [5.41, 5.74) is 1.93. The van der Waals surface area contributed by atoms with E-state index >= 15 is 0 Å². The average Bonchev–Trinajstić information content (AvgIpc) is 2.41. The highest BCUT2D eigenvalue weighted by atomic mass is 16.3. The van der Waals surface area contributed by atoms with Crippen molar-refractivity contribution in [3.63, 3.8) is 0 Å². The van der Waals surface area contributed by atoms with Gasteiger partial charge in [0.05, 0.1) is 13.2 Å². The molecule has 19 heavy (non-hydrogen) atoms. The summed E-state index contributed by atoms with van der Waals surface area (Å²) >= 11 is 0. The normalized spacial score (nSPS) is 11.3. The lowest BCUT2D eigenvalue weighted by atomic mass is 10.0. The Labute approximate surface area is 115 Å². The van der Waals surface area contributed by atoms with Gasteiger partial charge >= 0.3 is 0 Å². The quantitative estimate of drug-likeness (QED) is 0.792. The second-order valence-corrected chi connectivity index (χ2v) is 5.30. The molecule has 0 heterocycles. The highest BCUT2D eigenvalue weighted by molar-refractivity contribution is 5.36. The van der Waals surface area contributed by atoms with E-state index in [-0.39, 0.29) is 18.8 Å². The zero-order chi connectivity index (χ0) is 14.3. The van der Waals surface area contributed by atoms with Gasteiger partial charge in [-0.3, -0.25) is 4.90 Å². The second-order valence-electron chi connectivity index (χ2n) is 5.30. The maximum Gasteiger partial charge on any atom is 0.0610 e. The first-order valence-electron chi connectivity index (χ1n) is 6.50. The monoisotopic (exact) mass is 261 g/mol. The van der Waals surface area contributed by atoms with Gasteiger partial charge in [-0.25, -0.2) is 0 Å². The smallest absolute Gasteiger partial charge is 0.0610 e. The Bertz CT molecular complexity index is 440. The fourth-order valence-electron chi connectivity index (χ4n) is 1.52. The van der Waals surface area contributed by atoms with Crippen LogP contribution in [0.2, 0.25) is 0 Å². The average molecular weight is 261 g/mol. The molecule has 0 radical (unpaired) electrons. The van der Waals surface area contributed by atoms with E-state index in [0.717, 1.165) is 12.1 Å². The van der Waals surface area contributed by atoms with Gasteiger partial charge in [-0.1, -0.05) is 24.0 Å². The number of likely N-dealkylation sites (N-methyl/N-ethyl adjacent to an activating group) is 1. The summed E-state index contributed by atoms with van der Waals surface area (Å²) < 4.78 is 0. The van der Waals surface area contributed by atoms with Crippen LogP contribution in [0.15, 0.2) is 24.3 Å². The van der Waals surface area contributed by atoms with Gasteiger partial charge in [0.25, 0.3) is 0 Å². The summed E-state index contributed by atoms with van der Waals surface area (Å²) in [4.78, 5) is 2.12. The van der Waals surface area contributed by atoms with Crippen molar-refractivity contribution in [1.29, 1.82) is 0 Å². The van der Waals surface area contributed by atoms with E-state index in [1.165, 1.54) is 5.56 Å². The van der Waals surface area contributed by atoms with E-state index in [9.17, 15) is 5.11 Å². The molecular formula is C16H23NO2. The van der Waals surface area contributed by atoms with Crippen LogP contribution >= 0.6 is 0 Å². The number of benzene rings is 1. The van der Waals surface area contributed by atoms with Gasteiger partial charge in [0.1, 0.15) is 0 Å². The van der Waals surface area contributed by atoms with Crippen LogP contribution < -0.4 is 0 Å². The van der Waals surface area contributed by atoms with Crippen molar-refractivity contribution in [3.8, 4) is 11.8 Å². The van der Waals surface area contributed by atoms with Crippen molar-refractivity contribution in [2.75, 3.05) is 20.3 Å². The van der Waals surface area contributed by atoms with Gasteiger partial charge in [0.15, 0.2) is 0 Å². The second kappa shape index (κ2) is 7.30. The van der Waals surface area contributed by atoms with Crippen LogP contribution in [0.1, 0.15) is 31.4 Å². The molecule has 2 N–H and O–H groups in total. The van der Waals surface area contributed by atoms with E-state index < -0.39 is 0 Å². The van der Waals surface area contributed by atoms with Crippen molar-refractivity contribution in [2.24, 2.45) is 0 Å². The van der Waals surface area contributed by atoms with Crippen molar-refractivity contribution in [3.05, 3.63) is 35.4 Å². The molecule has 0 unspecified atom stereocenters. The third-order valence-electron chi connectivity index (χ3n) is 3.26. The summed E-state index contributed by atoms with van der Waals surface area (Å²) in [5.74, 6) is 5.91. The third kappa shape index (κ3) is 5.04. The molecule has 3 nitrogen and oxygen atoms in total. The van der Waals surface area contributed by atoms with E-state index in [1.54, 1.807) is 0 Å². The van der Waals surface area contributed by atoms with Crippen molar-refractivity contribution >= 4 is 0 Å². The number of nitrogens with zero attached hydrogens (tertiary/aromatic N) is 1. The lowest BCUT2D eigenvalue weighted by Crippen LogP contribution is -2.43. The SMILES string of the molecule is CN(Cc1ccc(C#CCCO)cc1)C(C)(C)CO. The minimum absolute atomic E-state index is 0.103. The first kappa shape index (κ1) is 15.7. The Balaban J connectivity index is 2.65. The topological polar surface area (TPSA) is 43.7 Å². The standard InChI is InChI=1S/C16H23NO2/c1-16(2,13-19)17(3)12-15-9-7-14(8-10-15)6-4-5-11-18/h7-10,18-19H,5,11-13H2,1-3H3. The number of aliphatic hydroxyl groups is 2. The van der Waals surface area contributed by atoms with Gasteiger partial charge in [-0.2, -0.15) is 0 Å². The molecule has 0 bridgehead atoms. The molecule has 3 heteroatoms. The predicted octanol–water partition coefficient (Wildman–Crippen LogP) is 1.62. The Morgan fingerprint density at radius 1 is 1.16 bits per heavy atom. The fraction of sp³-hybridized carbons (Fsp3) is 0.500. The Morgan fingerprint density at radius 3 is 2.32 bits per heavy atom. The fourth-order valence-corrected chi connectivity index (χ4v) is 1.52. The number of hydrogen-bond acceptors (Lipinski definition) is 3. The molecule has 0 aromatic heterocycles. The zero-order valence-corrected chi connectivity index (χ0v) is 12.0. The maximum absolute atomic E-state index is 9.33. The molecule has 0 fully saturated rings. The lowest BCUT2D eigenvalue weighted by Gasteiger charge is -2.33. The summed E-state index contributed by atoms with van der Waals surface area (Å²) in [5, 5.41) is 18.0. The highest BCUT2D eigenvalue weighted by Crippen LogP contribution is 2.15. The van der Waals surface area contributed by atoms with Gasteiger partial charge in [-0.05, 0) is 38.6 Å². The molecule has 0 saturated heterocycles. The molecule has 1 aromatic rings. The summed E-state index contributed by atoms with van der Waals surface area (Å²) in [6, 6.07) is 8.07. The van der Waals surface area contributed by atoms with Gasteiger partial charge < -0.3 is 10.2 Å². The van der Waals surface area contributed by atoms with Crippen LogP contribution in [0, 0.1) is 11.8 Å². The lowest BCUT2D eigenvalue weighted by molar-refractivity contribution is 0.0734. The molecule has 0 spiro atoms. The molecule has 0 aliphatic heterocycles. The van der Waals surface area contributed by atoms with Crippen LogP contribution in [-0.2, 0) is 6.54 Å². The minimum Gasteiger partial charge on any atom is -0.395 e. The molecular weight excluding hydrogens is 238 g/mol. The van der Waals surface area contributed by atoms with E-state index in [1.807, 2.05) is 45.2 Å². The third-order valence-corrected chi connectivity index (χ3v) is 3.26. The van der Waals surface area contributed by atoms with Gasteiger partial charge in [0, 0.05) is 24.1 Å². The molecule has 0 amide bonds. The molecule has 1 rings (SSSR count). The number of hydrogen-bond donors (Lipinski definition) is 2. The first-order valence-corrected chi connectivity index (χ1v) is 6.50. The number of rotatable bonds is 5. The molecule has 0 atom stereocenters. The molecule has 0 aliphatic rings. The Kier molecular flexibility index (Phi) is 6.04. The van der Waals surface area contributed by atoms with Gasteiger partial charge in [-0.15, -0.1) is 0 Å². The van der Waals surface area contributed by atoms with Crippen LogP contribution in [-0.4, -0.2) is 40.9 Å². The zero-order valence-electron chi connectivity index (χ0n) is 12.0. The van der Waals surface area contributed by atoms with E-state index in [2.05, 4.69) is 16.7 Å². The van der Waals surface area contributed by atoms with Crippen LogP contribution in [0.25, 0.3) is 0 Å². The van der Waals surface area contributed by atoms with Crippen LogP contribution in [0.4, 0.5) is 0 Å². The first-order chi connectivity index (χ1) is 8.99. The predicted molar refractivity (Wildman–Crippen MR) is 77.7 cm³/mol. The summed E-state index contributed by atoms with van der Waals surface area (Å²) in [7, 11) is 2.01. The van der Waals surface area contributed by atoms with Gasteiger partial charge in [0.2, 0.25) is 0 Å². The molecule has 1 aromatic carbocycles. The van der Waals surface area contributed by atoms with Crippen LogP contribution in [0.5, 0.6) is 0 Å². The van der Waals surface area contributed by atoms with Crippen molar-refractivity contribution < 1.29 is 10.2 Å². The molecule has 104 valence electrons. The largest absolute Gasteiger partial charge is 0.395 e. The highest BCUT2D eigenvalue weighted by Gasteiger charge is 2.22. The van der Waals surface area contributed by atoms with E-state index in [0.29, 0.717) is 6.42 Å². The Hall–Kier alpha value is -1.34. The minimum atomic E-state index is -0.223. The van der Waals surface area contributed by atoms with Crippen molar-refractivity contribution in [2.45, 2.75) is 32.4 Å². The number of aliphatic hydroxyl groups excluding tert-OH is 2. The Morgan fingerprint density at radius 2 is 1.79 bits per heavy atom. The summed E-state index contributed by atoms with van der Waals surface area (Å²) in [6.07, 6.45) is 0.509. The van der Waals surface area contributed by atoms with Crippen LogP contribution in [0.3, 0.4) is 0 Å². The summed E-state index contributed by atoms with van der Waals surface area (Å²) in [6.45, 7) is 5.06. The van der Waals surface area contributed by atoms with E-state index in [4.69, 9.17) is 5.11 Å². The molecule has 0 saturated carbocycles.